The molecule has 1 aromatic heterocycles. The van der Waals surface area contributed by atoms with Crippen LogP contribution in [0.3, 0.4) is 0 Å². The lowest BCUT2D eigenvalue weighted by Gasteiger charge is -2.19. The lowest BCUT2D eigenvalue weighted by molar-refractivity contribution is -0.118. The Kier molecular flexibility index (Phi) is 4.29. The molecule has 0 saturated carbocycles. The molecule has 1 atom stereocenters. The molecule has 0 aliphatic rings. The van der Waals surface area contributed by atoms with E-state index < -0.39 is 5.92 Å². The molecule has 4 nitrogen and oxygen atoms in total. The van der Waals surface area contributed by atoms with Gasteiger partial charge in [0, 0.05) is 11.6 Å². The van der Waals surface area contributed by atoms with Gasteiger partial charge in [-0.2, -0.15) is 0 Å². The van der Waals surface area contributed by atoms with Crippen molar-refractivity contribution >= 4 is 39.7 Å². The van der Waals surface area contributed by atoms with Gasteiger partial charge in [-0.3, -0.25) is 9.78 Å². The van der Waals surface area contributed by atoms with Gasteiger partial charge in [-0.15, -0.1) is 0 Å². The summed E-state index contributed by atoms with van der Waals surface area (Å²) in [6.07, 6.45) is 1.70. The maximum absolute atomic E-state index is 12.3. The van der Waals surface area contributed by atoms with E-state index in [1.165, 1.54) is 0 Å². The largest absolute Gasteiger partial charge is 0.393 e. The van der Waals surface area contributed by atoms with Crippen LogP contribution in [-0.2, 0) is 4.79 Å². The third-order valence-electron chi connectivity index (χ3n) is 3.15. The van der Waals surface area contributed by atoms with Crippen molar-refractivity contribution in [3.63, 3.8) is 0 Å². The van der Waals surface area contributed by atoms with E-state index in [0.717, 1.165) is 10.9 Å². The Balaban J connectivity index is 2.32. The number of nitrogens with one attached hydrogen (secondary N) is 1. The Hall–Kier alpha value is -2.01. The normalized spacial score (nSPS) is 12.3. The lowest BCUT2D eigenvalue weighted by Crippen LogP contribution is -2.36. The molecule has 0 bridgehead atoms. The van der Waals surface area contributed by atoms with E-state index in [1.54, 1.807) is 6.20 Å². The van der Waals surface area contributed by atoms with Crippen molar-refractivity contribution in [2.24, 2.45) is 17.6 Å². The second-order valence-corrected chi connectivity index (χ2v) is 5.47. The van der Waals surface area contributed by atoms with Crippen molar-refractivity contribution in [3.05, 3.63) is 36.5 Å². The number of nitrogens with two attached hydrogens (primary N) is 1. The number of rotatable bonds is 4. The number of benzene rings is 1. The molecule has 5 heteroatoms. The van der Waals surface area contributed by atoms with Crippen molar-refractivity contribution in [3.8, 4) is 0 Å². The highest BCUT2D eigenvalue weighted by molar-refractivity contribution is 7.80. The Morgan fingerprint density at radius 2 is 2.00 bits per heavy atom. The standard InChI is InChI=1S/C15H17N3OS/c1-9(2)12(14(16)20)15(19)18-11-7-3-5-10-6-4-8-17-13(10)11/h3-9,12H,1-2H3,(H2,16,20)(H,18,19). The fourth-order valence-corrected chi connectivity index (χ4v) is 2.56. The minimum absolute atomic E-state index is 0.0513. The number of amides is 1. The molecule has 1 unspecified atom stereocenters. The summed E-state index contributed by atoms with van der Waals surface area (Å²) in [5, 5.41) is 3.85. The Labute approximate surface area is 123 Å². The highest BCUT2D eigenvalue weighted by Gasteiger charge is 2.25. The number of aromatic nitrogens is 1. The highest BCUT2D eigenvalue weighted by Crippen LogP contribution is 2.22. The SMILES string of the molecule is CC(C)C(C(=O)Nc1cccc2cccnc12)C(N)=S. The number of carbonyl (C=O) groups is 1. The topological polar surface area (TPSA) is 68.0 Å². The van der Waals surface area contributed by atoms with Gasteiger partial charge in [-0.25, -0.2) is 0 Å². The zero-order valence-electron chi connectivity index (χ0n) is 11.5. The number of fused-ring (bicyclic) bond motifs is 1. The Morgan fingerprint density at radius 1 is 1.30 bits per heavy atom. The summed E-state index contributed by atoms with van der Waals surface area (Å²) in [7, 11) is 0. The van der Waals surface area contributed by atoms with E-state index in [0.29, 0.717) is 5.69 Å². The van der Waals surface area contributed by atoms with Crippen LogP contribution in [0.15, 0.2) is 36.5 Å². The molecular formula is C15H17N3OS. The summed E-state index contributed by atoms with van der Waals surface area (Å²) < 4.78 is 0. The van der Waals surface area contributed by atoms with E-state index in [1.807, 2.05) is 44.2 Å². The van der Waals surface area contributed by atoms with Gasteiger partial charge in [0.05, 0.1) is 22.1 Å². The molecule has 1 aromatic carbocycles. The maximum atomic E-state index is 12.3. The second-order valence-electron chi connectivity index (χ2n) is 4.99. The van der Waals surface area contributed by atoms with Gasteiger partial charge in [0.15, 0.2) is 0 Å². The minimum Gasteiger partial charge on any atom is -0.393 e. The smallest absolute Gasteiger partial charge is 0.234 e. The molecule has 0 radical (unpaired) electrons. The fourth-order valence-electron chi connectivity index (χ4n) is 2.18. The van der Waals surface area contributed by atoms with Crippen molar-refractivity contribution in [1.82, 2.24) is 4.98 Å². The molecule has 0 aliphatic heterocycles. The van der Waals surface area contributed by atoms with Crippen LogP contribution in [0.5, 0.6) is 0 Å². The van der Waals surface area contributed by atoms with Gasteiger partial charge in [-0.1, -0.05) is 44.3 Å². The summed E-state index contributed by atoms with van der Waals surface area (Å²) >= 11 is 4.98. The predicted molar refractivity (Wildman–Crippen MR) is 85.5 cm³/mol. The average Bonchev–Trinajstić information content (AvgIpc) is 2.38. The number of anilines is 1. The number of para-hydroxylation sites is 1. The van der Waals surface area contributed by atoms with E-state index in [-0.39, 0.29) is 16.8 Å². The molecule has 3 N–H and O–H groups in total. The third kappa shape index (κ3) is 2.93. The molecular weight excluding hydrogens is 270 g/mol. The van der Waals surface area contributed by atoms with Gasteiger partial charge in [0.1, 0.15) is 0 Å². The van der Waals surface area contributed by atoms with Crippen LogP contribution in [-0.4, -0.2) is 15.9 Å². The second kappa shape index (κ2) is 5.96. The van der Waals surface area contributed by atoms with Crippen molar-refractivity contribution in [2.45, 2.75) is 13.8 Å². The number of hydrogen-bond donors (Lipinski definition) is 2. The Morgan fingerprint density at radius 3 is 2.65 bits per heavy atom. The van der Waals surface area contributed by atoms with Crippen LogP contribution in [0.1, 0.15) is 13.8 Å². The maximum Gasteiger partial charge on any atom is 0.234 e. The number of pyridine rings is 1. The molecule has 1 amide bonds. The van der Waals surface area contributed by atoms with E-state index in [2.05, 4.69) is 10.3 Å². The molecule has 0 saturated heterocycles. The number of thiocarbonyl (C=S) groups is 1. The van der Waals surface area contributed by atoms with Crippen LogP contribution >= 0.6 is 12.2 Å². The Bertz CT molecular complexity index is 649. The van der Waals surface area contributed by atoms with Gasteiger partial charge in [0.2, 0.25) is 5.91 Å². The monoisotopic (exact) mass is 287 g/mol. The molecule has 1 heterocycles. The summed E-state index contributed by atoms with van der Waals surface area (Å²) in [4.78, 5) is 16.9. The molecule has 0 spiro atoms. The highest BCUT2D eigenvalue weighted by atomic mass is 32.1. The van der Waals surface area contributed by atoms with E-state index in [9.17, 15) is 4.79 Å². The van der Waals surface area contributed by atoms with Crippen LogP contribution in [0.4, 0.5) is 5.69 Å². The first-order valence-corrected chi connectivity index (χ1v) is 6.85. The van der Waals surface area contributed by atoms with Gasteiger partial charge in [0.25, 0.3) is 0 Å². The molecule has 2 rings (SSSR count). The average molecular weight is 287 g/mol. The van der Waals surface area contributed by atoms with Gasteiger partial charge >= 0.3 is 0 Å². The predicted octanol–water partition coefficient (Wildman–Crippen LogP) is 2.73. The van der Waals surface area contributed by atoms with E-state index >= 15 is 0 Å². The van der Waals surface area contributed by atoms with E-state index in [4.69, 9.17) is 18.0 Å². The first-order valence-electron chi connectivity index (χ1n) is 6.44. The van der Waals surface area contributed by atoms with Crippen LogP contribution in [0.2, 0.25) is 0 Å². The van der Waals surface area contributed by atoms with Crippen LogP contribution in [0, 0.1) is 11.8 Å². The number of nitrogens with zero attached hydrogens (tertiary/aromatic N) is 1. The van der Waals surface area contributed by atoms with Gasteiger partial charge in [-0.05, 0) is 18.1 Å². The fraction of sp³-hybridized carbons (Fsp3) is 0.267. The van der Waals surface area contributed by atoms with Crippen LogP contribution < -0.4 is 11.1 Å². The molecule has 20 heavy (non-hydrogen) atoms. The minimum atomic E-state index is -0.482. The third-order valence-corrected chi connectivity index (χ3v) is 3.40. The van der Waals surface area contributed by atoms with Crippen molar-refractivity contribution in [2.75, 3.05) is 5.32 Å². The molecule has 104 valence electrons. The number of carbonyl (C=O) groups excluding carboxylic acids is 1. The summed E-state index contributed by atoms with van der Waals surface area (Å²) in [6, 6.07) is 9.46. The first-order chi connectivity index (χ1) is 9.50. The summed E-state index contributed by atoms with van der Waals surface area (Å²) in [5.41, 5.74) is 7.09. The van der Waals surface area contributed by atoms with Crippen molar-refractivity contribution in [1.29, 1.82) is 0 Å². The zero-order chi connectivity index (χ0) is 14.7. The molecule has 2 aromatic rings. The first kappa shape index (κ1) is 14.4. The summed E-state index contributed by atoms with van der Waals surface area (Å²) in [5.74, 6) is -0.620. The molecule has 0 aliphatic carbocycles. The molecule has 0 fully saturated rings. The van der Waals surface area contributed by atoms with Crippen molar-refractivity contribution < 1.29 is 4.79 Å². The zero-order valence-corrected chi connectivity index (χ0v) is 12.3. The quantitative estimate of drug-likeness (QED) is 0.848. The lowest BCUT2D eigenvalue weighted by atomic mass is 9.95. The van der Waals surface area contributed by atoms with Gasteiger partial charge < -0.3 is 11.1 Å². The van der Waals surface area contributed by atoms with Crippen LogP contribution in [0.25, 0.3) is 10.9 Å². The number of hydrogen-bond acceptors (Lipinski definition) is 3. The summed E-state index contributed by atoms with van der Waals surface area (Å²) in [6.45, 7) is 3.84.